The standard InChI is InChI=1S/C12H13N3OS2/c16-10-3-1-9(2-4-10)15(11-13-5-7-17-11)12-14-6-8-18-12/h5-9H,1-4H2. The van der Waals surface area contributed by atoms with Gasteiger partial charge in [-0.3, -0.25) is 9.69 Å². The number of rotatable bonds is 3. The molecular weight excluding hydrogens is 266 g/mol. The smallest absolute Gasteiger partial charge is 0.191 e. The first kappa shape index (κ1) is 11.8. The van der Waals surface area contributed by atoms with E-state index in [-0.39, 0.29) is 0 Å². The maximum atomic E-state index is 11.4. The predicted octanol–water partition coefficient (Wildman–Crippen LogP) is 3.25. The molecule has 0 unspecified atom stereocenters. The first-order chi connectivity index (χ1) is 8.84. The van der Waals surface area contributed by atoms with E-state index >= 15 is 0 Å². The van der Waals surface area contributed by atoms with Gasteiger partial charge in [0.15, 0.2) is 10.3 Å². The molecule has 0 saturated heterocycles. The monoisotopic (exact) mass is 279 g/mol. The van der Waals surface area contributed by atoms with E-state index in [0.29, 0.717) is 24.7 Å². The summed E-state index contributed by atoms with van der Waals surface area (Å²) in [5, 5.41) is 5.90. The molecule has 0 aliphatic heterocycles. The molecule has 4 nitrogen and oxygen atoms in total. The third kappa shape index (κ3) is 2.30. The first-order valence-corrected chi connectivity index (χ1v) is 7.70. The number of anilines is 2. The number of Topliss-reactive ketones (excluding diaryl/α,β-unsaturated/α-hetero) is 1. The van der Waals surface area contributed by atoms with Gasteiger partial charge in [0.05, 0.1) is 0 Å². The summed E-state index contributed by atoms with van der Waals surface area (Å²) in [5.41, 5.74) is 0. The van der Waals surface area contributed by atoms with Crippen molar-refractivity contribution in [1.82, 2.24) is 9.97 Å². The zero-order valence-electron chi connectivity index (χ0n) is 9.78. The van der Waals surface area contributed by atoms with Crippen LogP contribution in [0.25, 0.3) is 0 Å². The minimum Gasteiger partial charge on any atom is -0.300 e. The van der Waals surface area contributed by atoms with Gasteiger partial charge in [-0.2, -0.15) is 0 Å². The molecule has 0 amide bonds. The molecule has 1 aliphatic rings. The fraction of sp³-hybridized carbons (Fsp3) is 0.417. The summed E-state index contributed by atoms with van der Waals surface area (Å²) in [6, 6.07) is 0.347. The van der Waals surface area contributed by atoms with Crippen molar-refractivity contribution in [3.8, 4) is 0 Å². The van der Waals surface area contributed by atoms with E-state index < -0.39 is 0 Å². The van der Waals surface area contributed by atoms with Crippen LogP contribution in [0.2, 0.25) is 0 Å². The Morgan fingerprint density at radius 1 is 1.06 bits per heavy atom. The maximum absolute atomic E-state index is 11.4. The van der Waals surface area contributed by atoms with E-state index in [4.69, 9.17) is 0 Å². The van der Waals surface area contributed by atoms with Gasteiger partial charge in [0.1, 0.15) is 5.78 Å². The van der Waals surface area contributed by atoms with Crippen molar-refractivity contribution in [2.45, 2.75) is 31.7 Å². The van der Waals surface area contributed by atoms with Gasteiger partial charge in [0.2, 0.25) is 0 Å². The van der Waals surface area contributed by atoms with Crippen molar-refractivity contribution in [3.05, 3.63) is 23.2 Å². The minimum absolute atomic E-state index is 0.347. The van der Waals surface area contributed by atoms with Crippen molar-refractivity contribution >= 4 is 38.7 Å². The number of carbonyl (C=O) groups excluding carboxylic acids is 1. The number of hydrogen-bond donors (Lipinski definition) is 0. The Balaban J connectivity index is 1.88. The molecule has 0 radical (unpaired) electrons. The summed E-state index contributed by atoms with van der Waals surface area (Å²) >= 11 is 3.24. The van der Waals surface area contributed by atoms with Crippen LogP contribution in [0.1, 0.15) is 25.7 Å². The van der Waals surface area contributed by atoms with E-state index in [0.717, 1.165) is 23.1 Å². The highest BCUT2D eigenvalue weighted by Crippen LogP contribution is 2.35. The van der Waals surface area contributed by atoms with Gasteiger partial charge in [-0.25, -0.2) is 9.97 Å². The molecule has 18 heavy (non-hydrogen) atoms. The molecule has 1 saturated carbocycles. The summed E-state index contributed by atoms with van der Waals surface area (Å²) in [4.78, 5) is 22.3. The normalized spacial score (nSPS) is 17.0. The topological polar surface area (TPSA) is 46.1 Å². The fourth-order valence-electron chi connectivity index (χ4n) is 2.25. The molecule has 2 aromatic rings. The fourth-order valence-corrected chi connectivity index (χ4v) is 3.73. The molecule has 1 fully saturated rings. The van der Waals surface area contributed by atoms with Crippen LogP contribution in [0.5, 0.6) is 0 Å². The molecular formula is C12H13N3OS2. The van der Waals surface area contributed by atoms with Crippen LogP contribution in [0.15, 0.2) is 23.2 Å². The van der Waals surface area contributed by atoms with Gasteiger partial charge in [0.25, 0.3) is 0 Å². The Labute approximate surface area is 113 Å². The quantitative estimate of drug-likeness (QED) is 0.865. The third-order valence-corrected chi connectivity index (χ3v) is 4.67. The summed E-state index contributed by atoms with van der Waals surface area (Å²) < 4.78 is 0. The molecule has 0 spiro atoms. The Morgan fingerprint density at radius 2 is 1.61 bits per heavy atom. The number of carbonyl (C=O) groups is 1. The van der Waals surface area contributed by atoms with Crippen LogP contribution in [0.3, 0.4) is 0 Å². The Kier molecular flexibility index (Phi) is 3.38. The lowest BCUT2D eigenvalue weighted by molar-refractivity contribution is -0.120. The van der Waals surface area contributed by atoms with Crippen LogP contribution < -0.4 is 4.90 Å². The van der Waals surface area contributed by atoms with E-state index in [1.54, 1.807) is 22.7 Å². The Morgan fingerprint density at radius 3 is 2.06 bits per heavy atom. The van der Waals surface area contributed by atoms with Gasteiger partial charge >= 0.3 is 0 Å². The summed E-state index contributed by atoms with van der Waals surface area (Å²) in [5.74, 6) is 0.379. The second-order valence-electron chi connectivity index (χ2n) is 4.27. The van der Waals surface area contributed by atoms with E-state index in [9.17, 15) is 4.79 Å². The zero-order chi connectivity index (χ0) is 12.4. The van der Waals surface area contributed by atoms with Crippen LogP contribution in [0.4, 0.5) is 10.3 Å². The molecule has 2 aromatic heterocycles. The average Bonchev–Trinajstić information content (AvgIpc) is 3.06. The lowest BCUT2D eigenvalue weighted by Crippen LogP contribution is -2.34. The molecule has 2 heterocycles. The second kappa shape index (κ2) is 5.16. The Hall–Kier alpha value is -1.27. The molecule has 0 atom stereocenters. The summed E-state index contributed by atoms with van der Waals surface area (Å²) in [6.07, 6.45) is 6.79. The molecule has 94 valence electrons. The number of hydrogen-bond acceptors (Lipinski definition) is 6. The van der Waals surface area contributed by atoms with Gasteiger partial charge in [0, 0.05) is 42.0 Å². The van der Waals surface area contributed by atoms with Crippen molar-refractivity contribution in [2.75, 3.05) is 4.90 Å². The Bertz CT molecular complexity index is 465. The summed E-state index contributed by atoms with van der Waals surface area (Å²) in [6.45, 7) is 0. The van der Waals surface area contributed by atoms with Crippen LogP contribution in [0, 0.1) is 0 Å². The third-order valence-electron chi connectivity index (χ3n) is 3.13. The molecule has 6 heteroatoms. The van der Waals surface area contributed by atoms with Crippen LogP contribution in [-0.4, -0.2) is 21.8 Å². The molecule has 0 aromatic carbocycles. The first-order valence-electron chi connectivity index (χ1n) is 5.94. The number of thiazole rings is 2. The average molecular weight is 279 g/mol. The van der Waals surface area contributed by atoms with Crippen molar-refractivity contribution in [3.63, 3.8) is 0 Å². The number of aromatic nitrogens is 2. The number of ketones is 1. The van der Waals surface area contributed by atoms with E-state index in [2.05, 4.69) is 14.9 Å². The van der Waals surface area contributed by atoms with Gasteiger partial charge in [-0.1, -0.05) is 0 Å². The van der Waals surface area contributed by atoms with Crippen LogP contribution in [-0.2, 0) is 4.79 Å². The largest absolute Gasteiger partial charge is 0.300 e. The summed E-state index contributed by atoms with van der Waals surface area (Å²) in [7, 11) is 0. The highest BCUT2D eigenvalue weighted by atomic mass is 32.1. The van der Waals surface area contributed by atoms with Crippen LogP contribution >= 0.6 is 22.7 Å². The predicted molar refractivity (Wildman–Crippen MR) is 73.6 cm³/mol. The molecule has 1 aliphatic carbocycles. The van der Waals surface area contributed by atoms with Gasteiger partial charge < -0.3 is 0 Å². The van der Waals surface area contributed by atoms with Crippen molar-refractivity contribution in [1.29, 1.82) is 0 Å². The van der Waals surface area contributed by atoms with Crippen molar-refractivity contribution in [2.24, 2.45) is 0 Å². The molecule has 0 bridgehead atoms. The zero-order valence-corrected chi connectivity index (χ0v) is 11.4. The highest BCUT2D eigenvalue weighted by molar-refractivity contribution is 7.15. The van der Waals surface area contributed by atoms with E-state index in [1.165, 1.54) is 0 Å². The van der Waals surface area contributed by atoms with Gasteiger partial charge in [-0.05, 0) is 12.8 Å². The highest BCUT2D eigenvalue weighted by Gasteiger charge is 2.28. The lowest BCUT2D eigenvalue weighted by Gasteiger charge is -2.31. The van der Waals surface area contributed by atoms with Crippen molar-refractivity contribution < 1.29 is 4.79 Å². The minimum atomic E-state index is 0.347. The second-order valence-corrected chi connectivity index (χ2v) is 6.02. The number of nitrogens with zero attached hydrogens (tertiary/aromatic N) is 3. The molecule has 0 N–H and O–H groups in total. The molecule has 3 rings (SSSR count). The SMILES string of the molecule is O=C1CCC(N(c2nccs2)c2nccs2)CC1. The van der Waals surface area contributed by atoms with E-state index in [1.807, 2.05) is 23.2 Å². The van der Waals surface area contributed by atoms with Gasteiger partial charge in [-0.15, -0.1) is 22.7 Å². The lowest BCUT2D eigenvalue weighted by atomic mass is 9.93. The maximum Gasteiger partial charge on any atom is 0.191 e.